The van der Waals surface area contributed by atoms with Crippen molar-refractivity contribution in [2.45, 2.75) is 45.6 Å². The fraction of sp³-hybridized carbons (Fsp3) is 0.533. The largest absolute Gasteiger partial charge is 0.481 e. The van der Waals surface area contributed by atoms with Crippen molar-refractivity contribution < 1.29 is 9.90 Å². The van der Waals surface area contributed by atoms with Crippen LogP contribution >= 0.6 is 11.3 Å². The number of carboxylic acid groups (broad SMARTS) is 1. The zero-order valence-corrected chi connectivity index (χ0v) is 13.0. The second-order valence-electron chi connectivity index (χ2n) is 5.75. The molecular weight excluding hydrogens is 286 g/mol. The molecule has 0 saturated heterocycles. The molecule has 0 unspecified atom stereocenters. The number of carboxylic acids is 1. The molecular formula is C15H19N3O2S. The van der Waals surface area contributed by atoms with Gasteiger partial charge in [-0.2, -0.15) is 0 Å². The van der Waals surface area contributed by atoms with Crippen LogP contribution in [0.5, 0.6) is 0 Å². The predicted molar refractivity (Wildman–Crippen MR) is 83.9 cm³/mol. The number of nitrogens with zero attached hydrogens (tertiary/aromatic N) is 2. The van der Waals surface area contributed by atoms with Crippen LogP contribution in [0.1, 0.15) is 37.1 Å². The van der Waals surface area contributed by atoms with E-state index in [1.807, 2.05) is 6.92 Å². The van der Waals surface area contributed by atoms with Gasteiger partial charge in [-0.05, 0) is 50.5 Å². The average molecular weight is 305 g/mol. The van der Waals surface area contributed by atoms with E-state index in [0.29, 0.717) is 6.04 Å². The number of thiophene rings is 1. The van der Waals surface area contributed by atoms with Gasteiger partial charge in [-0.3, -0.25) is 4.79 Å². The van der Waals surface area contributed by atoms with Crippen molar-refractivity contribution in [1.82, 2.24) is 9.97 Å². The van der Waals surface area contributed by atoms with E-state index >= 15 is 0 Å². The minimum Gasteiger partial charge on any atom is -0.481 e. The van der Waals surface area contributed by atoms with Gasteiger partial charge in [0.15, 0.2) is 0 Å². The summed E-state index contributed by atoms with van der Waals surface area (Å²) < 4.78 is 0. The summed E-state index contributed by atoms with van der Waals surface area (Å²) in [5.74, 6) is 0.821. The van der Waals surface area contributed by atoms with Crippen LogP contribution in [-0.2, 0) is 4.79 Å². The van der Waals surface area contributed by atoms with Gasteiger partial charge in [-0.25, -0.2) is 9.97 Å². The normalized spacial score (nSPS) is 22.4. The zero-order valence-electron chi connectivity index (χ0n) is 12.2. The Morgan fingerprint density at radius 2 is 2.00 bits per heavy atom. The number of anilines is 1. The van der Waals surface area contributed by atoms with E-state index in [0.717, 1.165) is 47.5 Å². The number of carbonyl (C=O) groups is 1. The van der Waals surface area contributed by atoms with Crippen LogP contribution in [0.25, 0.3) is 10.2 Å². The zero-order chi connectivity index (χ0) is 15.0. The van der Waals surface area contributed by atoms with Crippen LogP contribution in [0.2, 0.25) is 0 Å². The van der Waals surface area contributed by atoms with Crippen molar-refractivity contribution >= 4 is 33.3 Å². The van der Waals surface area contributed by atoms with Crippen LogP contribution in [0.3, 0.4) is 0 Å². The number of hydrogen-bond donors (Lipinski definition) is 2. The van der Waals surface area contributed by atoms with E-state index in [-0.39, 0.29) is 5.92 Å². The summed E-state index contributed by atoms with van der Waals surface area (Å²) in [4.78, 5) is 21.1. The minimum atomic E-state index is -0.664. The minimum absolute atomic E-state index is 0.182. The third kappa shape index (κ3) is 2.85. The Labute approximate surface area is 127 Å². The highest BCUT2D eigenvalue weighted by Crippen LogP contribution is 2.32. The first-order valence-corrected chi connectivity index (χ1v) is 8.14. The molecule has 1 aliphatic rings. The van der Waals surface area contributed by atoms with Crippen LogP contribution in [0.15, 0.2) is 5.38 Å². The number of rotatable bonds is 3. The summed E-state index contributed by atoms with van der Waals surface area (Å²) in [6, 6.07) is 0.303. The summed E-state index contributed by atoms with van der Waals surface area (Å²) in [5, 5.41) is 15.8. The fourth-order valence-corrected chi connectivity index (χ4v) is 3.94. The van der Waals surface area contributed by atoms with E-state index in [1.165, 1.54) is 5.56 Å². The SMILES string of the molecule is Cc1nc(NC2CCC(C(=O)O)CC2)c2c(C)csc2n1. The van der Waals surface area contributed by atoms with Gasteiger partial charge in [0.05, 0.1) is 11.3 Å². The summed E-state index contributed by atoms with van der Waals surface area (Å²) in [7, 11) is 0. The van der Waals surface area contributed by atoms with Crippen LogP contribution in [0, 0.1) is 19.8 Å². The molecule has 2 aromatic heterocycles. The van der Waals surface area contributed by atoms with Crippen molar-refractivity contribution in [3.8, 4) is 0 Å². The molecule has 1 saturated carbocycles. The molecule has 0 spiro atoms. The Bertz CT molecular complexity index is 675. The molecule has 3 rings (SSSR count). The maximum absolute atomic E-state index is 11.0. The number of fused-ring (bicyclic) bond motifs is 1. The molecule has 112 valence electrons. The highest BCUT2D eigenvalue weighted by atomic mass is 32.1. The van der Waals surface area contributed by atoms with Gasteiger partial charge < -0.3 is 10.4 Å². The topological polar surface area (TPSA) is 75.1 Å². The van der Waals surface area contributed by atoms with Crippen molar-refractivity contribution in [1.29, 1.82) is 0 Å². The van der Waals surface area contributed by atoms with Crippen LogP contribution in [0.4, 0.5) is 5.82 Å². The number of hydrogen-bond acceptors (Lipinski definition) is 5. The van der Waals surface area contributed by atoms with E-state index < -0.39 is 5.97 Å². The molecule has 2 aromatic rings. The monoisotopic (exact) mass is 305 g/mol. The molecule has 0 aromatic carbocycles. The summed E-state index contributed by atoms with van der Waals surface area (Å²) in [6.07, 6.45) is 3.24. The molecule has 0 bridgehead atoms. The van der Waals surface area contributed by atoms with E-state index in [1.54, 1.807) is 11.3 Å². The first-order valence-electron chi connectivity index (χ1n) is 7.26. The fourth-order valence-electron chi connectivity index (χ4n) is 2.97. The Morgan fingerprint density at radius 1 is 1.29 bits per heavy atom. The van der Waals surface area contributed by atoms with E-state index in [2.05, 4.69) is 27.6 Å². The molecule has 0 radical (unpaired) electrons. The highest BCUT2D eigenvalue weighted by Gasteiger charge is 2.26. The summed E-state index contributed by atoms with van der Waals surface area (Å²) >= 11 is 1.64. The third-order valence-electron chi connectivity index (χ3n) is 4.15. The van der Waals surface area contributed by atoms with E-state index in [9.17, 15) is 4.79 Å². The maximum Gasteiger partial charge on any atom is 0.306 e. The van der Waals surface area contributed by atoms with Gasteiger partial charge in [0.1, 0.15) is 16.5 Å². The van der Waals surface area contributed by atoms with Crippen LogP contribution in [-0.4, -0.2) is 27.1 Å². The molecule has 1 fully saturated rings. The molecule has 5 nitrogen and oxygen atoms in total. The predicted octanol–water partition coefficient (Wildman–Crippen LogP) is 3.36. The molecule has 2 N–H and O–H groups in total. The van der Waals surface area contributed by atoms with Gasteiger partial charge in [0.25, 0.3) is 0 Å². The Morgan fingerprint density at radius 3 is 2.67 bits per heavy atom. The summed E-state index contributed by atoms with van der Waals surface area (Å²) in [5.41, 5.74) is 1.19. The van der Waals surface area contributed by atoms with Crippen molar-refractivity contribution in [2.24, 2.45) is 5.92 Å². The first kappa shape index (κ1) is 14.3. The standard InChI is InChI=1S/C15H19N3O2S/c1-8-7-21-14-12(8)13(16-9(2)17-14)18-11-5-3-10(4-6-11)15(19)20/h7,10-11H,3-6H2,1-2H3,(H,19,20)(H,16,17,18). The van der Waals surface area contributed by atoms with Gasteiger partial charge in [-0.15, -0.1) is 11.3 Å². The van der Waals surface area contributed by atoms with Crippen molar-refractivity contribution in [2.75, 3.05) is 5.32 Å². The number of aromatic nitrogens is 2. The number of aliphatic carboxylic acids is 1. The Kier molecular flexibility index (Phi) is 3.80. The smallest absolute Gasteiger partial charge is 0.306 e. The lowest BCUT2D eigenvalue weighted by Gasteiger charge is -2.27. The molecule has 0 atom stereocenters. The maximum atomic E-state index is 11.0. The van der Waals surface area contributed by atoms with Gasteiger partial charge in [-0.1, -0.05) is 0 Å². The summed E-state index contributed by atoms with van der Waals surface area (Å²) in [6.45, 7) is 3.98. The molecule has 2 heterocycles. The second kappa shape index (κ2) is 5.60. The number of aryl methyl sites for hydroxylation is 2. The van der Waals surface area contributed by atoms with E-state index in [4.69, 9.17) is 5.11 Å². The lowest BCUT2D eigenvalue weighted by molar-refractivity contribution is -0.142. The Balaban J connectivity index is 1.79. The lowest BCUT2D eigenvalue weighted by Crippen LogP contribution is -2.29. The van der Waals surface area contributed by atoms with Gasteiger partial charge in [0, 0.05) is 6.04 Å². The number of nitrogens with one attached hydrogen (secondary N) is 1. The van der Waals surface area contributed by atoms with Crippen molar-refractivity contribution in [3.05, 3.63) is 16.8 Å². The third-order valence-corrected chi connectivity index (χ3v) is 5.14. The van der Waals surface area contributed by atoms with Gasteiger partial charge >= 0.3 is 5.97 Å². The molecule has 0 aliphatic heterocycles. The molecule has 6 heteroatoms. The molecule has 1 aliphatic carbocycles. The van der Waals surface area contributed by atoms with Gasteiger partial charge in [0.2, 0.25) is 0 Å². The Hall–Kier alpha value is -1.69. The van der Waals surface area contributed by atoms with Crippen molar-refractivity contribution in [3.63, 3.8) is 0 Å². The highest BCUT2D eigenvalue weighted by molar-refractivity contribution is 7.17. The quantitative estimate of drug-likeness (QED) is 0.909. The molecule has 21 heavy (non-hydrogen) atoms. The molecule has 0 amide bonds. The lowest BCUT2D eigenvalue weighted by atomic mass is 9.86. The average Bonchev–Trinajstić information content (AvgIpc) is 2.80. The second-order valence-corrected chi connectivity index (χ2v) is 6.61. The van der Waals surface area contributed by atoms with Crippen LogP contribution < -0.4 is 5.32 Å². The first-order chi connectivity index (χ1) is 10.0.